The third kappa shape index (κ3) is 4.09. The molecule has 1 aliphatic carbocycles. The summed E-state index contributed by atoms with van der Waals surface area (Å²) in [5.74, 6) is 1.60. The molecule has 1 aliphatic rings. The Morgan fingerprint density at radius 3 is 2.53 bits per heavy atom. The number of rotatable bonds is 5. The van der Waals surface area contributed by atoms with Gasteiger partial charge >= 0.3 is 0 Å². The molecule has 1 saturated carbocycles. The molecule has 0 aliphatic heterocycles. The fourth-order valence-corrected chi connectivity index (χ4v) is 2.24. The van der Waals surface area contributed by atoms with Gasteiger partial charge in [-0.15, -0.1) is 0 Å². The van der Waals surface area contributed by atoms with Crippen LogP contribution in [0, 0.1) is 11.8 Å². The molecule has 0 aromatic heterocycles. The van der Waals surface area contributed by atoms with Crippen LogP contribution in [0.15, 0.2) is 0 Å². The molecule has 3 nitrogen and oxygen atoms in total. The Morgan fingerprint density at radius 1 is 1.27 bits per heavy atom. The lowest BCUT2D eigenvalue weighted by molar-refractivity contribution is -0.0689. The second-order valence-electron chi connectivity index (χ2n) is 4.84. The Bertz CT molecular complexity index is 175. The zero-order valence-electron chi connectivity index (χ0n) is 10.2. The summed E-state index contributed by atoms with van der Waals surface area (Å²) in [6.07, 6.45) is 4.07. The summed E-state index contributed by atoms with van der Waals surface area (Å²) in [6, 6.07) is 0. The molecule has 0 saturated heterocycles. The monoisotopic (exact) mass is 215 g/mol. The quantitative estimate of drug-likeness (QED) is 0.760. The molecule has 15 heavy (non-hydrogen) atoms. The minimum Gasteiger partial charge on any atom is -0.382 e. The number of ether oxygens (including phenoxy) is 2. The smallest absolute Gasteiger partial charge is 0.0933 e. The van der Waals surface area contributed by atoms with E-state index in [1.807, 2.05) is 0 Å². The number of hydrogen-bond donors (Lipinski definition) is 1. The minimum atomic E-state index is 0.0700. The van der Waals surface area contributed by atoms with Crippen LogP contribution in [0.2, 0.25) is 0 Å². The van der Waals surface area contributed by atoms with Gasteiger partial charge in [0.05, 0.1) is 18.8 Å². The lowest BCUT2D eigenvalue weighted by Gasteiger charge is -2.33. The van der Waals surface area contributed by atoms with Crippen LogP contribution in [0.1, 0.15) is 33.1 Å². The maximum atomic E-state index is 5.95. The first kappa shape index (κ1) is 12.9. The summed E-state index contributed by atoms with van der Waals surface area (Å²) in [4.78, 5) is 0. The van der Waals surface area contributed by atoms with E-state index >= 15 is 0 Å². The summed E-state index contributed by atoms with van der Waals surface area (Å²) >= 11 is 0. The molecule has 1 fully saturated rings. The molecule has 1 rings (SSSR count). The standard InChI is InChI=1S/C12H25NO2/c1-9-4-5-11(6-10(9)2)15-12(7-13)8-14-3/h9-12H,4-8,13H2,1-3H3. The van der Waals surface area contributed by atoms with Crippen molar-refractivity contribution in [2.75, 3.05) is 20.3 Å². The summed E-state index contributed by atoms with van der Waals surface area (Å²) in [7, 11) is 1.69. The van der Waals surface area contributed by atoms with Crippen LogP contribution < -0.4 is 5.73 Å². The zero-order chi connectivity index (χ0) is 11.3. The molecule has 4 atom stereocenters. The second kappa shape index (κ2) is 6.46. The highest BCUT2D eigenvalue weighted by Crippen LogP contribution is 2.31. The highest BCUT2D eigenvalue weighted by atomic mass is 16.5. The molecule has 2 N–H and O–H groups in total. The Balaban J connectivity index is 2.31. The molecule has 4 unspecified atom stereocenters. The van der Waals surface area contributed by atoms with Gasteiger partial charge in [-0.3, -0.25) is 0 Å². The Morgan fingerprint density at radius 2 is 2.00 bits per heavy atom. The second-order valence-corrected chi connectivity index (χ2v) is 4.84. The minimum absolute atomic E-state index is 0.0700. The maximum Gasteiger partial charge on any atom is 0.0933 e. The van der Waals surface area contributed by atoms with Gasteiger partial charge in [0.2, 0.25) is 0 Å². The molecule has 0 bridgehead atoms. The zero-order valence-corrected chi connectivity index (χ0v) is 10.2. The number of methoxy groups -OCH3 is 1. The lowest BCUT2D eigenvalue weighted by atomic mass is 9.80. The van der Waals surface area contributed by atoms with Crippen LogP contribution >= 0.6 is 0 Å². The SMILES string of the molecule is COCC(CN)OC1CCC(C)C(C)C1. The van der Waals surface area contributed by atoms with Crippen LogP contribution in [-0.2, 0) is 9.47 Å². The highest BCUT2D eigenvalue weighted by Gasteiger charge is 2.26. The van der Waals surface area contributed by atoms with Crippen LogP contribution in [0.5, 0.6) is 0 Å². The van der Waals surface area contributed by atoms with Crippen molar-refractivity contribution in [3.05, 3.63) is 0 Å². The molecule has 90 valence electrons. The molecule has 3 heteroatoms. The largest absolute Gasteiger partial charge is 0.382 e. The third-order valence-corrected chi connectivity index (χ3v) is 3.55. The molecule has 0 spiro atoms. The molecule has 0 heterocycles. The molecule has 0 aromatic rings. The van der Waals surface area contributed by atoms with E-state index in [0.717, 1.165) is 11.8 Å². The molecular formula is C12H25NO2. The number of nitrogens with two attached hydrogens (primary N) is 1. The molecule has 0 amide bonds. The summed E-state index contributed by atoms with van der Waals surface area (Å²) in [5, 5.41) is 0. The van der Waals surface area contributed by atoms with Gasteiger partial charge in [-0.05, 0) is 31.1 Å². The van der Waals surface area contributed by atoms with Gasteiger partial charge in [0.1, 0.15) is 0 Å². The average Bonchev–Trinajstić information content (AvgIpc) is 2.23. The predicted molar refractivity (Wildman–Crippen MR) is 61.8 cm³/mol. The van der Waals surface area contributed by atoms with E-state index in [0.29, 0.717) is 19.3 Å². The average molecular weight is 215 g/mol. The van der Waals surface area contributed by atoms with Crippen molar-refractivity contribution in [2.24, 2.45) is 17.6 Å². The first-order chi connectivity index (χ1) is 7.17. The molecular weight excluding hydrogens is 190 g/mol. The van der Waals surface area contributed by atoms with Crippen LogP contribution in [0.4, 0.5) is 0 Å². The molecule has 0 aromatic carbocycles. The third-order valence-electron chi connectivity index (χ3n) is 3.55. The van der Waals surface area contributed by atoms with E-state index in [1.165, 1.54) is 19.3 Å². The van der Waals surface area contributed by atoms with Crippen molar-refractivity contribution >= 4 is 0 Å². The van der Waals surface area contributed by atoms with Gasteiger partial charge in [-0.2, -0.15) is 0 Å². The first-order valence-corrected chi connectivity index (χ1v) is 6.01. The highest BCUT2D eigenvalue weighted by molar-refractivity contribution is 4.77. The topological polar surface area (TPSA) is 44.5 Å². The van der Waals surface area contributed by atoms with Gasteiger partial charge in [0.15, 0.2) is 0 Å². The van der Waals surface area contributed by atoms with E-state index in [9.17, 15) is 0 Å². The fraction of sp³-hybridized carbons (Fsp3) is 1.00. The van der Waals surface area contributed by atoms with E-state index in [4.69, 9.17) is 15.2 Å². The van der Waals surface area contributed by atoms with E-state index in [2.05, 4.69) is 13.8 Å². The Hall–Kier alpha value is -0.120. The summed E-state index contributed by atoms with van der Waals surface area (Å²) < 4.78 is 11.0. The van der Waals surface area contributed by atoms with Crippen molar-refractivity contribution < 1.29 is 9.47 Å². The van der Waals surface area contributed by atoms with Gasteiger partial charge in [0, 0.05) is 13.7 Å². The van der Waals surface area contributed by atoms with Crippen LogP contribution in [0.25, 0.3) is 0 Å². The van der Waals surface area contributed by atoms with Gasteiger partial charge in [-0.25, -0.2) is 0 Å². The normalized spacial score (nSPS) is 34.0. The van der Waals surface area contributed by atoms with Gasteiger partial charge in [-0.1, -0.05) is 13.8 Å². The Kier molecular flexibility index (Phi) is 5.58. The van der Waals surface area contributed by atoms with Crippen LogP contribution in [0.3, 0.4) is 0 Å². The maximum absolute atomic E-state index is 5.95. The van der Waals surface area contributed by atoms with Crippen molar-refractivity contribution in [1.82, 2.24) is 0 Å². The lowest BCUT2D eigenvalue weighted by Crippen LogP contribution is -2.36. The fourth-order valence-electron chi connectivity index (χ4n) is 2.24. The van der Waals surface area contributed by atoms with E-state index in [-0.39, 0.29) is 6.10 Å². The van der Waals surface area contributed by atoms with E-state index in [1.54, 1.807) is 7.11 Å². The number of hydrogen-bond acceptors (Lipinski definition) is 3. The summed E-state index contributed by atoms with van der Waals surface area (Å²) in [5.41, 5.74) is 5.63. The predicted octanol–water partition coefficient (Wildman–Crippen LogP) is 1.80. The molecule has 0 radical (unpaired) electrons. The summed E-state index contributed by atoms with van der Waals surface area (Å²) in [6.45, 7) is 5.80. The van der Waals surface area contributed by atoms with Gasteiger partial charge < -0.3 is 15.2 Å². The van der Waals surface area contributed by atoms with E-state index < -0.39 is 0 Å². The van der Waals surface area contributed by atoms with Crippen molar-refractivity contribution in [3.63, 3.8) is 0 Å². The first-order valence-electron chi connectivity index (χ1n) is 6.01. The Labute approximate surface area is 93.3 Å². The van der Waals surface area contributed by atoms with Crippen molar-refractivity contribution in [2.45, 2.75) is 45.3 Å². The van der Waals surface area contributed by atoms with Crippen molar-refractivity contribution in [1.29, 1.82) is 0 Å². The van der Waals surface area contributed by atoms with Crippen molar-refractivity contribution in [3.8, 4) is 0 Å². The van der Waals surface area contributed by atoms with Gasteiger partial charge in [0.25, 0.3) is 0 Å². The van der Waals surface area contributed by atoms with Crippen LogP contribution in [-0.4, -0.2) is 32.5 Å².